The maximum Gasteiger partial charge on any atom is 0.139 e. The van der Waals surface area contributed by atoms with Gasteiger partial charge in [-0.15, -0.1) is 0 Å². The lowest BCUT2D eigenvalue weighted by Gasteiger charge is -2.10. The maximum atomic E-state index is 6.09. The Morgan fingerprint density at radius 2 is 2.05 bits per heavy atom. The van der Waals surface area contributed by atoms with Gasteiger partial charge in [0, 0.05) is 17.6 Å². The van der Waals surface area contributed by atoms with E-state index in [0.717, 1.165) is 28.8 Å². The van der Waals surface area contributed by atoms with Gasteiger partial charge < -0.3 is 4.74 Å². The van der Waals surface area contributed by atoms with E-state index < -0.39 is 0 Å². The van der Waals surface area contributed by atoms with Crippen LogP contribution < -0.4 is 4.74 Å². The lowest BCUT2D eigenvalue weighted by molar-refractivity contribution is 0.292. The molecule has 0 aliphatic heterocycles. The summed E-state index contributed by atoms with van der Waals surface area (Å²) in [6.07, 6.45) is 0.874. The third-order valence-electron chi connectivity index (χ3n) is 2.95. The average Bonchev–Trinajstić information content (AvgIpc) is 2.75. The molecular formula is C14H15BrCl2N2O. The minimum absolute atomic E-state index is 0.390. The van der Waals surface area contributed by atoms with Crippen LogP contribution in [0.2, 0.25) is 10.0 Å². The zero-order valence-electron chi connectivity index (χ0n) is 11.3. The molecule has 1 heterocycles. The van der Waals surface area contributed by atoms with Crippen LogP contribution in [-0.4, -0.2) is 9.78 Å². The summed E-state index contributed by atoms with van der Waals surface area (Å²) in [6, 6.07) is 5.17. The van der Waals surface area contributed by atoms with E-state index in [2.05, 4.69) is 34.9 Å². The molecule has 108 valence electrons. The number of hydrogen-bond donors (Lipinski definition) is 0. The minimum atomic E-state index is 0.390. The molecule has 0 unspecified atom stereocenters. The number of aromatic nitrogens is 2. The first-order chi connectivity index (χ1) is 9.56. The van der Waals surface area contributed by atoms with E-state index in [1.165, 1.54) is 0 Å². The highest BCUT2D eigenvalue weighted by atomic mass is 79.9. The molecule has 2 aromatic rings. The van der Waals surface area contributed by atoms with Gasteiger partial charge in [0.25, 0.3) is 0 Å². The zero-order valence-corrected chi connectivity index (χ0v) is 14.4. The van der Waals surface area contributed by atoms with Gasteiger partial charge in [-0.3, -0.25) is 4.68 Å². The molecule has 6 heteroatoms. The molecule has 1 aromatic heterocycles. The molecule has 0 spiro atoms. The molecule has 2 rings (SSSR count). The zero-order chi connectivity index (χ0) is 14.7. The van der Waals surface area contributed by atoms with Crippen LogP contribution in [0.3, 0.4) is 0 Å². The van der Waals surface area contributed by atoms with Crippen LogP contribution in [0.25, 0.3) is 0 Å². The lowest BCUT2D eigenvalue weighted by atomic mass is 10.3. The van der Waals surface area contributed by atoms with Crippen molar-refractivity contribution in [3.63, 3.8) is 0 Å². The van der Waals surface area contributed by atoms with Crippen molar-refractivity contribution in [1.82, 2.24) is 9.78 Å². The van der Waals surface area contributed by atoms with Crippen molar-refractivity contribution in [3.05, 3.63) is 44.1 Å². The molecule has 0 radical (unpaired) electrons. The van der Waals surface area contributed by atoms with Gasteiger partial charge in [-0.05, 0) is 41.4 Å². The second kappa shape index (κ2) is 6.83. The molecule has 0 saturated carbocycles. The molecule has 0 aliphatic rings. The fourth-order valence-corrected chi connectivity index (χ4v) is 2.90. The van der Waals surface area contributed by atoms with Gasteiger partial charge in [0.15, 0.2) is 0 Å². The summed E-state index contributed by atoms with van der Waals surface area (Å²) in [5.41, 5.74) is 2.03. The van der Waals surface area contributed by atoms with E-state index in [-0.39, 0.29) is 0 Å². The van der Waals surface area contributed by atoms with E-state index in [1.807, 2.05) is 4.68 Å². The Kier molecular flexibility index (Phi) is 5.35. The number of aryl methyl sites for hydroxylation is 2. The molecule has 0 amide bonds. The van der Waals surface area contributed by atoms with Crippen molar-refractivity contribution >= 4 is 39.1 Å². The maximum absolute atomic E-state index is 6.09. The number of hydrogen-bond acceptors (Lipinski definition) is 2. The molecule has 0 N–H and O–H groups in total. The second-order valence-electron chi connectivity index (χ2n) is 4.24. The van der Waals surface area contributed by atoms with Gasteiger partial charge in [0.2, 0.25) is 0 Å². The number of halogens is 3. The second-order valence-corrected chi connectivity index (χ2v) is 5.88. The topological polar surface area (TPSA) is 27.1 Å². The third kappa shape index (κ3) is 3.30. The van der Waals surface area contributed by atoms with Gasteiger partial charge in [-0.25, -0.2) is 0 Å². The molecule has 3 nitrogen and oxygen atoms in total. The van der Waals surface area contributed by atoms with Gasteiger partial charge in [-0.2, -0.15) is 5.10 Å². The van der Waals surface area contributed by atoms with Gasteiger partial charge in [-0.1, -0.05) is 30.1 Å². The average molecular weight is 378 g/mol. The van der Waals surface area contributed by atoms with Crippen molar-refractivity contribution in [3.8, 4) is 5.75 Å². The summed E-state index contributed by atoms with van der Waals surface area (Å²) in [4.78, 5) is 0. The predicted molar refractivity (Wildman–Crippen MR) is 85.8 cm³/mol. The minimum Gasteiger partial charge on any atom is -0.486 e. The highest BCUT2D eigenvalue weighted by molar-refractivity contribution is 9.10. The number of ether oxygens (including phenoxy) is 1. The largest absolute Gasteiger partial charge is 0.486 e. The number of benzene rings is 1. The highest BCUT2D eigenvalue weighted by Gasteiger charge is 2.15. The van der Waals surface area contributed by atoms with Crippen molar-refractivity contribution in [1.29, 1.82) is 0 Å². The Bertz CT molecular complexity index is 613. The highest BCUT2D eigenvalue weighted by Crippen LogP contribution is 2.30. The monoisotopic (exact) mass is 376 g/mol. The fraction of sp³-hybridized carbons (Fsp3) is 0.357. The molecule has 0 aliphatic carbocycles. The van der Waals surface area contributed by atoms with Gasteiger partial charge in [0.05, 0.1) is 20.9 Å². The van der Waals surface area contributed by atoms with Gasteiger partial charge >= 0.3 is 0 Å². The lowest BCUT2D eigenvalue weighted by Crippen LogP contribution is -2.06. The van der Waals surface area contributed by atoms with Crippen LogP contribution in [0.5, 0.6) is 5.75 Å². The summed E-state index contributed by atoms with van der Waals surface area (Å²) in [5, 5.41) is 5.67. The fourth-order valence-electron chi connectivity index (χ4n) is 1.89. The van der Waals surface area contributed by atoms with Crippen LogP contribution in [-0.2, 0) is 19.6 Å². The Balaban J connectivity index is 2.22. The standard InChI is InChI=1S/C14H15BrCl2N2O/c1-3-11-14(15)12(19(4-2)18-11)8-20-13-7-9(16)5-6-10(13)17/h5-7H,3-4,8H2,1-2H3. The first-order valence-electron chi connectivity index (χ1n) is 6.38. The van der Waals surface area contributed by atoms with Crippen molar-refractivity contribution in [2.75, 3.05) is 0 Å². The first kappa shape index (κ1) is 15.7. The van der Waals surface area contributed by atoms with Crippen LogP contribution >= 0.6 is 39.1 Å². The quantitative estimate of drug-likeness (QED) is 0.723. The molecule has 0 fully saturated rings. The van der Waals surface area contributed by atoms with Crippen LogP contribution in [0.1, 0.15) is 25.2 Å². The van der Waals surface area contributed by atoms with E-state index in [9.17, 15) is 0 Å². The van der Waals surface area contributed by atoms with E-state index in [0.29, 0.717) is 22.4 Å². The Hall–Kier alpha value is -0.710. The van der Waals surface area contributed by atoms with E-state index in [4.69, 9.17) is 27.9 Å². The first-order valence-corrected chi connectivity index (χ1v) is 7.93. The summed E-state index contributed by atoms with van der Waals surface area (Å²) >= 11 is 15.6. The van der Waals surface area contributed by atoms with E-state index >= 15 is 0 Å². The molecular weight excluding hydrogens is 363 g/mol. The van der Waals surface area contributed by atoms with Crippen molar-refractivity contribution < 1.29 is 4.74 Å². The summed E-state index contributed by atoms with van der Waals surface area (Å²) in [6.45, 7) is 5.31. The smallest absolute Gasteiger partial charge is 0.139 e. The van der Waals surface area contributed by atoms with E-state index in [1.54, 1.807) is 18.2 Å². The van der Waals surface area contributed by atoms with Crippen LogP contribution in [0.4, 0.5) is 0 Å². The molecule has 0 bridgehead atoms. The van der Waals surface area contributed by atoms with Crippen LogP contribution in [0, 0.1) is 0 Å². The Morgan fingerprint density at radius 1 is 1.30 bits per heavy atom. The summed E-state index contributed by atoms with van der Waals surface area (Å²) in [7, 11) is 0. The number of nitrogens with zero attached hydrogens (tertiary/aromatic N) is 2. The van der Waals surface area contributed by atoms with Gasteiger partial charge in [0.1, 0.15) is 12.4 Å². The Labute approximate surface area is 137 Å². The predicted octanol–water partition coefficient (Wildman–Crippen LogP) is 5.11. The third-order valence-corrected chi connectivity index (χ3v) is 4.41. The van der Waals surface area contributed by atoms with Crippen LogP contribution in [0.15, 0.2) is 22.7 Å². The Morgan fingerprint density at radius 3 is 2.70 bits per heavy atom. The normalized spacial score (nSPS) is 10.8. The van der Waals surface area contributed by atoms with Crippen molar-refractivity contribution in [2.24, 2.45) is 0 Å². The summed E-state index contributed by atoms with van der Waals surface area (Å²) < 4.78 is 8.71. The molecule has 20 heavy (non-hydrogen) atoms. The SMILES string of the molecule is CCc1nn(CC)c(COc2cc(Cl)ccc2Cl)c1Br. The summed E-state index contributed by atoms with van der Waals surface area (Å²) in [5.74, 6) is 0.577. The molecule has 0 atom stereocenters. The van der Waals surface area contributed by atoms with Crippen molar-refractivity contribution in [2.45, 2.75) is 33.4 Å². The number of rotatable bonds is 5. The molecule has 0 saturated heterocycles. The molecule has 1 aromatic carbocycles.